The van der Waals surface area contributed by atoms with E-state index in [1.807, 2.05) is 18.2 Å². The highest BCUT2D eigenvalue weighted by atomic mass is 32.1. The monoisotopic (exact) mass is 233 g/mol. The normalized spacial score (nSPS) is 10.9. The van der Waals surface area contributed by atoms with Crippen LogP contribution < -0.4 is 5.32 Å². The summed E-state index contributed by atoms with van der Waals surface area (Å²) in [5, 5.41) is 3.38. The summed E-state index contributed by atoms with van der Waals surface area (Å²) >= 11 is 1.53. The second kappa shape index (κ2) is 5.18. The van der Waals surface area contributed by atoms with Crippen molar-refractivity contribution in [2.75, 3.05) is 0 Å². The van der Waals surface area contributed by atoms with Crippen LogP contribution in [-0.4, -0.2) is 15.4 Å². The van der Waals surface area contributed by atoms with Gasteiger partial charge in [-0.05, 0) is 29.7 Å². The maximum atomic E-state index is 4.40. The second-order valence-corrected chi connectivity index (χ2v) is 4.82. The van der Waals surface area contributed by atoms with E-state index in [0.717, 1.165) is 17.9 Å². The van der Waals surface area contributed by atoms with Gasteiger partial charge < -0.3 is 5.32 Å². The van der Waals surface area contributed by atoms with Gasteiger partial charge in [0, 0.05) is 23.7 Å². The Bertz CT molecular complexity index is 437. The molecule has 84 valence electrons. The van der Waals surface area contributed by atoms with E-state index >= 15 is 0 Å². The van der Waals surface area contributed by atoms with Gasteiger partial charge in [0.1, 0.15) is 5.69 Å². The van der Waals surface area contributed by atoms with Crippen LogP contribution in [0.2, 0.25) is 0 Å². The van der Waals surface area contributed by atoms with Crippen molar-refractivity contribution in [1.82, 2.24) is 14.7 Å². The Morgan fingerprint density at radius 3 is 2.88 bits per heavy atom. The first kappa shape index (κ1) is 11.2. The Labute approximate surface area is 99.7 Å². The fourth-order valence-electron chi connectivity index (χ4n) is 1.34. The predicted molar refractivity (Wildman–Crippen MR) is 67.3 cm³/mol. The van der Waals surface area contributed by atoms with Crippen molar-refractivity contribution >= 4 is 11.5 Å². The molecular formula is C12H15N3S. The van der Waals surface area contributed by atoms with Gasteiger partial charge in [0.2, 0.25) is 0 Å². The Morgan fingerprint density at radius 1 is 1.31 bits per heavy atom. The van der Waals surface area contributed by atoms with Crippen LogP contribution in [0.3, 0.4) is 0 Å². The van der Waals surface area contributed by atoms with Gasteiger partial charge in [-0.2, -0.15) is 4.37 Å². The largest absolute Gasteiger partial charge is 0.310 e. The van der Waals surface area contributed by atoms with E-state index in [1.54, 1.807) is 6.20 Å². The summed E-state index contributed by atoms with van der Waals surface area (Å²) in [4.78, 5) is 5.53. The number of nitrogens with one attached hydrogen (secondary N) is 1. The smallest absolute Gasteiger partial charge is 0.103 e. The third-order valence-electron chi connectivity index (χ3n) is 2.17. The number of nitrogens with zero attached hydrogens (tertiary/aromatic N) is 2. The average molecular weight is 233 g/mol. The molecule has 3 nitrogen and oxygen atoms in total. The summed E-state index contributed by atoms with van der Waals surface area (Å²) in [5.41, 5.74) is 1.90. The van der Waals surface area contributed by atoms with Crippen LogP contribution in [0.4, 0.5) is 0 Å². The molecule has 0 spiro atoms. The fraction of sp³-hybridized carbons (Fsp3) is 0.333. The molecule has 0 atom stereocenters. The summed E-state index contributed by atoms with van der Waals surface area (Å²) in [5.74, 6) is 0. The Kier molecular flexibility index (Phi) is 3.64. The van der Waals surface area contributed by atoms with E-state index in [0.29, 0.717) is 6.04 Å². The van der Waals surface area contributed by atoms with Crippen LogP contribution in [0, 0.1) is 0 Å². The van der Waals surface area contributed by atoms with E-state index in [-0.39, 0.29) is 0 Å². The third-order valence-corrected chi connectivity index (χ3v) is 2.96. The van der Waals surface area contributed by atoms with Gasteiger partial charge in [0.15, 0.2) is 0 Å². The molecule has 0 saturated carbocycles. The molecule has 2 aromatic rings. The van der Waals surface area contributed by atoms with Crippen molar-refractivity contribution in [2.45, 2.75) is 26.4 Å². The summed E-state index contributed by atoms with van der Waals surface area (Å²) in [6, 6.07) is 8.47. The number of aromatic nitrogens is 2. The van der Waals surface area contributed by atoms with E-state index < -0.39 is 0 Å². The Morgan fingerprint density at radius 2 is 2.19 bits per heavy atom. The maximum absolute atomic E-state index is 4.40. The molecule has 2 aromatic heterocycles. The van der Waals surface area contributed by atoms with Crippen molar-refractivity contribution in [1.29, 1.82) is 0 Å². The zero-order valence-electron chi connectivity index (χ0n) is 9.47. The molecule has 0 bridgehead atoms. The first-order valence-electron chi connectivity index (χ1n) is 5.36. The molecule has 4 heteroatoms. The van der Waals surface area contributed by atoms with Crippen molar-refractivity contribution in [3.05, 3.63) is 35.3 Å². The van der Waals surface area contributed by atoms with Gasteiger partial charge in [0.05, 0.1) is 5.69 Å². The van der Waals surface area contributed by atoms with Crippen molar-refractivity contribution in [2.24, 2.45) is 0 Å². The van der Waals surface area contributed by atoms with E-state index in [2.05, 4.69) is 34.6 Å². The van der Waals surface area contributed by atoms with E-state index in [9.17, 15) is 0 Å². The minimum atomic E-state index is 0.500. The zero-order chi connectivity index (χ0) is 11.4. The molecule has 2 heterocycles. The van der Waals surface area contributed by atoms with Gasteiger partial charge in [-0.1, -0.05) is 19.9 Å². The molecule has 0 aromatic carbocycles. The van der Waals surface area contributed by atoms with Gasteiger partial charge in [-0.3, -0.25) is 4.98 Å². The average Bonchev–Trinajstić information content (AvgIpc) is 2.76. The van der Waals surface area contributed by atoms with Crippen molar-refractivity contribution < 1.29 is 0 Å². The van der Waals surface area contributed by atoms with Crippen LogP contribution in [0.1, 0.15) is 18.7 Å². The summed E-state index contributed by atoms with van der Waals surface area (Å²) < 4.78 is 4.40. The number of rotatable bonds is 4. The second-order valence-electron chi connectivity index (χ2n) is 3.93. The minimum absolute atomic E-state index is 0.500. The first-order valence-corrected chi connectivity index (χ1v) is 6.13. The first-order chi connectivity index (χ1) is 7.75. The molecule has 0 radical (unpaired) electrons. The van der Waals surface area contributed by atoms with Gasteiger partial charge in [-0.25, -0.2) is 0 Å². The number of hydrogen-bond acceptors (Lipinski definition) is 4. The number of hydrogen-bond donors (Lipinski definition) is 1. The molecule has 0 aliphatic rings. The third kappa shape index (κ3) is 2.87. The van der Waals surface area contributed by atoms with Crippen LogP contribution >= 0.6 is 11.5 Å². The molecule has 0 aliphatic heterocycles. The van der Waals surface area contributed by atoms with Gasteiger partial charge in [0.25, 0.3) is 0 Å². The highest BCUT2D eigenvalue weighted by molar-refractivity contribution is 7.06. The molecule has 1 N–H and O–H groups in total. The minimum Gasteiger partial charge on any atom is -0.310 e. The van der Waals surface area contributed by atoms with Crippen LogP contribution in [0.5, 0.6) is 0 Å². The molecule has 16 heavy (non-hydrogen) atoms. The van der Waals surface area contributed by atoms with Crippen LogP contribution in [0.25, 0.3) is 11.4 Å². The quantitative estimate of drug-likeness (QED) is 0.882. The van der Waals surface area contributed by atoms with Crippen molar-refractivity contribution in [3.8, 4) is 11.4 Å². The molecule has 0 aliphatic carbocycles. The highest BCUT2D eigenvalue weighted by Gasteiger charge is 2.05. The van der Waals surface area contributed by atoms with Gasteiger partial charge >= 0.3 is 0 Å². The summed E-state index contributed by atoms with van der Waals surface area (Å²) in [6.07, 6.45) is 1.79. The van der Waals surface area contributed by atoms with E-state index in [4.69, 9.17) is 0 Å². The highest BCUT2D eigenvalue weighted by Crippen LogP contribution is 2.19. The van der Waals surface area contributed by atoms with Crippen LogP contribution in [-0.2, 0) is 6.54 Å². The Balaban J connectivity index is 2.08. The van der Waals surface area contributed by atoms with Crippen LogP contribution in [0.15, 0.2) is 30.5 Å². The SMILES string of the molecule is CC(C)NCc1cc(-c2ccccn2)ns1. The molecule has 0 saturated heterocycles. The van der Waals surface area contributed by atoms with Crippen molar-refractivity contribution in [3.63, 3.8) is 0 Å². The lowest BCUT2D eigenvalue weighted by Gasteiger charge is -2.04. The standard InChI is InChI=1S/C12H15N3S/c1-9(2)14-8-10-7-12(15-16-10)11-5-3-4-6-13-11/h3-7,9,14H,8H2,1-2H3. The zero-order valence-corrected chi connectivity index (χ0v) is 10.3. The lowest BCUT2D eigenvalue weighted by Crippen LogP contribution is -2.21. The fourth-order valence-corrected chi connectivity index (χ4v) is 2.01. The molecule has 0 fully saturated rings. The summed E-state index contributed by atoms with van der Waals surface area (Å²) in [6.45, 7) is 5.16. The molecule has 0 unspecified atom stereocenters. The summed E-state index contributed by atoms with van der Waals surface area (Å²) in [7, 11) is 0. The predicted octanol–water partition coefficient (Wildman–Crippen LogP) is 2.70. The lowest BCUT2D eigenvalue weighted by atomic mass is 10.2. The molecule has 0 amide bonds. The van der Waals surface area contributed by atoms with Gasteiger partial charge in [-0.15, -0.1) is 0 Å². The maximum Gasteiger partial charge on any atom is 0.103 e. The molecule has 2 rings (SSSR count). The lowest BCUT2D eigenvalue weighted by molar-refractivity contribution is 0.593. The number of pyridine rings is 1. The topological polar surface area (TPSA) is 37.8 Å². The van der Waals surface area contributed by atoms with E-state index in [1.165, 1.54) is 16.4 Å². The Hall–Kier alpha value is -1.26. The molecular weight excluding hydrogens is 218 g/mol.